The van der Waals surface area contributed by atoms with Gasteiger partial charge in [-0.25, -0.2) is 9.97 Å². The molecule has 3 aromatic rings. The maximum absolute atomic E-state index is 13.1. The van der Waals surface area contributed by atoms with Crippen molar-refractivity contribution in [2.45, 2.75) is 37.4 Å². The number of aromatic nitrogens is 2. The summed E-state index contributed by atoms with van der Waals surface area (Å²) in [6.07, 6.45) is 7.32. The maximum atomic E-state index is 13.1. The summed E-state index contributed by atoms with van der Waals surface area (Å²) in [6.45, 7) is 0.457. The molecule has 2 aromatic heterocycles. The fraction of sp³-hybridized carbons (Fsp3) is 0.273. The highest BCUT2D eigenvalue weighted by atomic mass is 32.2. The van der Waals surface area contributed by atoms with E-state index in [1.807, 2.05) is 30.3 Å². The first-order valence-electron chi connectivity index (χ1n) is 9.87. The maximum Gasteiger partial charge on any atom is 0.254 e. The van der Waals surface area contributed by atoms with Gasteiger partial charge in [0, 0.05) is 23.8 Å². The van der Waals surface area contributed by atoms with Crippen LogP contribution in [0.25, 0.3) is 0 Å². The zero-order valence-electron chi connectivity index (χ0n) is 16.4. The lowest BCUT2D eigenvalue weighted by molar-refractivity contribution is -0.113. The van der Waals surface area contributed by atoms with Gasteiger partial charge in [-0.1, -0.05) is 42.1 Å². The number of carbonyl (C=O) groups excluding carboxylic acids is 2. The Bertz CT molecular complexity index is 1020. The predicted octanol–water partition coefficient (Wildman–Crippen LogP) is 4.08. The Labute approximate surface area is 183 Å². The Hall–Kier alpha value is -2.71. The molecule has 0 spiro atoms. The summed E-state index contributed by atoms with van der Waals surface area (Å²) in [6, 6.07) is 11.6. The lowest BCUT2D eigenvalue weighted by atomic mass is 9.95. The minimum atomic E-state index is -0.164. The summed E-state index contributed by atoms with van der Waals surface area (Å²) in [7, 11) is 0. The van der Waals surface area contributed by atoms with Crippen molar-refractivity contribution in [3.05, 3.63) is 70.4 Å². The molecule has 2 amide bonds. The van der Waals surface area contributed by atoms with Crippen molar-refractivity contribution in [1.29, 1.82) is 0 Å². The monoisotopic (exact) mass is 438 g/mol. The summed E-state index contributed by atoms with van der Waals surface area (Å²) < 4.78 is 0. The molecule has 1 aliphatic rings. The number of hydrogen-bond donors (Lipinski definition) is 2. The minimum Gasteiger partial charge on any atom is -0.348 e. The zero-order chi connectivity index (χ0) is 20.8. The lowest BCUT2D eigenvalue weighted by Gasteiger charge is -2.13. The third-order valence-electron chi connectivity index (χ3n) is 4.82. The van der Waals surface area contributed by atoms with Gasteiger partial charge >= 0.3 is 0 Å². The summed E-state index contributed by atoms with van der Waals surface area (Å²) in [5.74, 6) is -0.103. The quantitative estimate of drug-likeness (QED) is 0.429. The molecule has 2 N–H and O–H groups in total. The molecule has 0 unspecified atom stereocenters. The van der Waals surface area contributed by atoms with Crippen LogP contribution < -0.4 is 10.6 Å². The number of thiophene rings is 1. The van der Waals surface area contributed by atoms with Crippen molar-refractivity contribution in [2.75, 3.05) is 11.1 Å². The molecule has 154 valence electrons. The highest BCUT2D eigenvalue weighted by Crippen LogP contribution is 2.38. The molecule has 8 heteroatoms. The van der Waals surface area contributed by atoms with E-state index >= 15 is 0 Å². The van der Waals surface area contributed by atoms with Crippen molar-refractivity contribution in [2.24, 2.45) is 0 Å². The molecule has 2 heterocycles. The van der Waals surface area contributed by atoms with E-state index < -0.39 is 0 Å². The minimum absolute atomic E-state index is 0.132. The van der Waals surface area contributed by atoms with Gasteiger partial charge in [0.25, 0.3) is 5.91 Å². The molecule has 0 radical (unpaired) electrons. The summed E-state index contributed by atoms with van der Waals surface area (Å²) >= 11 is 2.80. The number of benzene rings is 1. The van der Waals surface area contributed by atoms with Crippen molar-refractivity contribution in [1.82, 2.24) is 15.3 Å². The average molecular weight is 439 g/mol. The van der Waals surface area contributed by atoms with Crippen molar-refractivity contribution in [3.8, 4) is 0 Å². The van der Waals surface area contributed by atoms with Crippen LogP contribution in [0, 0.1) is 0 Å². The van der Waals surface area contributed by atoms with Crippen LogP contribution in [0.15, 0.2) is 53.9 Å². The van der Waals surface area contributed by atoms with Crippen molar-refractivity contribution >= 4 is 39.9 Å². The number of nitrogens with zero attached hydrogens (tertiary/aromatic N) is 2. The average Bonchev–Trinajstić information content (AvgIpc) is 3.15. The third kappa shape index (κ3) is 5.06. The van der Waals surface area contributed by atoms with Crippen LogP contribution in [0.5, 0.6) is 0 Å². The number of thioether (sulfide) groups is 1. The van der Waals surface area contributed by atoms with Gasteiger partial charge in [-0.2, -0.15) is 0 Å². The zero-order valence-corrected chi connectivity index (χ0v) is 18.0. The third-order valence-corrected chi connectivity index (χ3v) is 6.90. The molecule has 0 aliphatic heterocycles. The van der Waals surface area contributed by atoms with E-state index in [4.69, 9.17) is 0 Å². The number of nitrogens with one attached hydrogen (secondary N) is 2. The van der Waals surface area contributed by atoms with E-state index in [-0.39, 0.29) is 17.6 Å². The molecule has 0 saturated carbocycles. The van der Waals surface area contributed by atoms with E-state index in [2.05, 4.69) is 20.6 Å². The van der Waals surface area contributed by atoms with Gasteiger partial charge in [-0.05, 0) is 42.9 Å². The molecule has 0 saturated heterocycles. The van der Waals surface area contributed by atoms with Crippen LogP contribution in [0.2, 0.25) is 0 Å². The molecule has 30 heavy (non-hydrogen) atoms. The Balaban J connectivity index is 1.47. The molecule has 6 nitrogen and oxygen atoms in total. The Morgan fingerprint density at radius 1 is 1.03 bits per heavy atom. The van der Waals surface area contributed by atoms with Gasteiger partial charge in [0.15, 0.2) is 5.16 Å². The highest BCUT2D eigenvalue weighted by Gasteiger charge is 2.26. The van der Waals surface area contributed by atoms with E-state index in [0.717, 1.165) is 36.8 Å². The van der Waals surface area contributed by atoms with Crippen LogP contribution in [0.1, 0.15) is 39.2 Å². The van der Waals surface area contributed by atoms with Crippen molar-refractivity contribution in [3.63, 3.8) is 0 Å². The van der Waals surface area contributed by atoms with E-state index in [0.29, 0.717) is 22.3 Å². The van der Waals surface area contributed by atoms with Crippen molar-refractivity contribution < 1.29 is 9.59 Å². The molecule has 0 bridgehead atoms. The van der Waals surface area contributed by atoms with Gasteiger partial charge in [-0.3, -0.25) is 9.59 Å². The summed E-state index contributed by atoms with van der Waals surface area (Å²) in [4.78, 5) is 35.0. The van der Waals surface area contributed by atoms with Gasteiger partial charge < -0.3 is 10.6 Å². The van der Waals surface area contributed by atoms with E-state index in [9.17, 15) is 9.59 Å². The topological polar surface area (TPSA) is 84.0 Å². The highest BCUT2D eigenvalue weighted by molar-refractivity contribution is 7.99. The molecular weight excluding hydrogens is 416 g/mol. The number of anilines is 1. The number of amides is 2. The number of fused-ring (bicyclic) bond motifs is 1. The number of aryl methyl sites for hydroxylation is 1. The molecule has 4 rings (SSSR count). The Morgan fingerprint density at radius 2 is 1.80 bits per heavy atom. The molecule has 0 fully saturated rings. The molecule has 1 aromatic carbocycles. The first kappa shape index (κ1) is 20.6. The van der Waals surface area contributed by atoms with Gasteiger partial charge in [0.2, 0.25) is 5.91 Å². The van der Waals surface area contributed by atoms with Crippen LogP contribution in [-0.2, 0) is 24.2 Å². The second kappa shape index (κ2) is 9.86. The van der Waals surface area contributed by atoms with E-state index in [1.54, 1.807) is 18.5 Å². The summed E-state index contributed by atoms with van der Waals surface area (Å²) in [5, 5.41) is 7.17. The molecule has 1 aliphatic carbocycles. The molecule has 0 atom stereocenters. The number of carbonyl (C=O) groups is 2. The predicted molar refractivity (Wildman–Crippen MR) is 120 cm³/mol. The van der Waals surface area contributed by atoms with Crippen LogP contribution in [-0.4, -0.2) is 27.5 Å². The van der Waals surface area contributed by atoms with E-state index in [1.165, 1.54) is 28.0 Å². The van der Waals surface area contributed by atoms with Gasteiger partial charge in [0.1, 0.15) is 5.00 Å². The van der Waals surface area contributed by atoms with Gasteiger partial charge in [0.05, 0.1) is 11.3 Å². The molecular formula is C22H22N4O2S2. The Morgan fingerprint density at radius 3 is 2.60 bits per heavy atom. The Kier molecular flexibility index (Phi) is 6.76. The number of rotatable bonds is 7. The first-order chi connectivity index (χ1) is 14.7. The normalized spacial score (nSPS) is 12.8. The summed E-state index contributed by atoms with van der Waals surface area (Å²) in [5.41, 5.74) is 2.76. The number of hydrogen-bond acceptors (Lipinski definition) is 6. The fourth-order valence-corrected chi connectivity index (χ4v) is 5.32. The second-order valence-corrected chi connectivity index (χ2v) is 9.00. The van der Waals surface area contributed by atoms with Gasteiger partial charge in [-0.15, -0.1) is 11.3 Å². The van der Waals surface area contributed by atoms with Crippen LogP contribution >= 0.6 is 23.1 Å². The second-order valence-electron chi connectivity index (χ2n) is 6.95. The lowest BCUT2D eigenvalue weighted by Crippen LogP contribution is -2.25. The van der Waals surface area contributed by atoms with Crippen LogP contribution in [0.4, 0.5) is 5.00 Å². The first-order valence-corrected chi connectivity index (χ1v) is 11.7. The van der Waals surface area contributed by atoms with Crippen LogP contribution in [0.3, 0.4) is 0 Å². The SMILES string of the molecule is O=C(CSc1ncccn1)Nc1sc2c(c1C(=O)NCc1ccccc1)CCCC2. The smallest absolute Gasteiger partial charge is 0.254 e. The fourth-order valence-electron chi connectivity index (χ4n) is 3.41. The largest absolute Gasteiger partial charge is 0.348 e. The standard InChI is InChI=1S/C22H22N4O2S2/c27-18(14-29-22-23-11-6-12-24-22)26-21-19(16-9-4-5-10-17(16)30-21)20(28)25-13-15-7-2-1-3-8-15/h1-3,6-8,11-12H,4-5,9-10,13-14H2,(H,25,28)(H,26,27).